The molecule has 64 heavy (non-hydrogen) atoms. The van der Waals surface area contributed by atoms with Crippen LogP contribution in [-0.2, 0) is 0 Å². The van der Waals surface area contributed by atoms with E-state index in [0.29, 0.717) is 0 Å². The van der Waals surface area contributed by atoms with E-state index in [4.69, 9.17) is 0 Å². The molecule has 0 aromatic rings. The van der Waals surface area contributed by atoms with Gasteiger partial charge >= 0.3 is 0 Å². The van der Waals surface area contributed by atoms with Gasteiger partial charge in [0.15, 0.2) is 0 Å². The maximum atomic E-state index is 9.88. The second-order valence-corrected chi connectivity index (χ2v) is 25.5. The van der Waals surface area contributed by atoms with Crippen LogP contribution in [0.5, 0.6) is 0 Å². The summed E-state index contributed by atoms with van der Waals surface area (Å²) in [7, 11) is 0. The minimum Gasteiger partial charge on any atom is -0.294 e. The molecule has 12 unspecified atom stereocenters. The van der Waals surface area contributed by atoms with Crippen LogP contribution >= 0.6 is 0 Å². The molecule has 0 spiro atoms. The molecule has 11 aliphatic rings. The van der Waals surface area contributed by atoms with E-state index in [1.54, 1.807) is 0 Å². The molecule has 2 heterocycles. The normalized spacial score (nSPS) is 51.1. The van der Waals surface area contributed by atoms with Crippen LogP contribution in [0.25, 0.3) is 0 Å². The average Bonchev–Trinajstić information content (AvgIpc) is 3.89. The molecule has 0 bridgehead atoms. The molecule has 2 saturated heterocycles. The highest BCUT2D eigenvalue weighted by atomic mass is 15.3. The zero-order chi connectivity index (χ0) is 43.3. The number of fused-ring (bicyclic) bond motifs is 7. The molecule has 11 rings (SSSR count). The first-order chi connectivity index (χ1) is 31.5. The Morgan fingerprint density at radius 3 is 1.05 bits per heavy atom. The molecule has 348 valence electrons. The Labute approximate surface area is 390 Å². The lowest BCUT2D eigenvalue weighted by molar-refractivity contribution is -0.0340. The van der Waals surface area contributed by atoms with Gasteiger partial charge in [-0.2, -0.15) is 21.0 Å². The summed E-state index contributed by atoms with van der Waals surface area (Å²) in [5, 5.41) is 39.5. The minimum absolute atomic E-state index is 0.287. The van der Waals surface area contributed by atoms with Crippen LogP contribution in [0.3, 0.4) is 0 Å². The first kappa shape index (κ1) is 44.4. The van der Waals surface area contributed by atoms with Gasteiger partial charge < -0.3 is 0 Å². The Morgan fingerprint density at radius 2 is 0.641 bits per heavy atom. The van der Waals surface area contributed by atoms with E-state index in [1.165, 1.54) is 154 Å². The summed E-state index contributed by atoms with van der Waals surface area (Å²) in [5.41, 5.74) is 0. The topological polar surface area (TPSA) is 102 Å². The molecule has 0 aromatic carbocycles. The summed E-state index contributed by atoms with van der Waals surface area (Å²) >= 11 is 0. The Balaban J connectivity index is 0.907. The SMILES string of the molecule is N#CC1CCC(C2CC(C3CCC(C#N)CC3)CC(N3C4CCCCC4C4C3CCC3C5CCCCC5N(C5CC(C6CCC(C#N)CC6)CC(C6CCC(C#N)CC6)C5)C34)C2)CC1. The fraction of sp³-hybridized carbons (Fsp3) is 0.931. The van der Waals surface area contributed by atoms with Gasteiger partial charge in [-0.05, 0) is 251 Å². The average molecular weight is 867 g/mol. The van der Waals surface area contributed by atoms with Gasteiger partial charge in [-0.15, -0.1) is 0 Å². The number of rotatable bonds is 6. The highest BCUT2D eigenvalue weighted by molar-refractivity contribution is 5.17. The van der Waals surface area contributed by atoms with Crippen molar-refractivity contribution in [3.63, 3.8) is 0 Å². The van der Waals surface area contributed by atoms with Crippen molar-refractivity contribution in [3.05, 3.63) is 0 Å². The van der Waals surface area contributed by atoms with Crippen LogP contribution in [0.15, 0.2) is 0 Å². The van der Waals surface area contributed by atoms with Crippen molar-refractivity contribution in [1.82, 2.24) is 9.80 Å². The maximum Gasteiger partial charge on any atom is 0.0655 e. The third-order valence-corrected chi connectivity index (χ3v) is 23.0. The Morgan fingerprint density at radius 1 is 0.281 bits per heavy atom. The molecule has 6 heteroatoms. The van der Waals surface area contributed by atoms with E-state index in [1.807, 2.05) is 0 Å². The number of nitrogens with zero attached hydrogens (tertiary/aromatic N) is 6. The first-order valence-corrected chi connectivity index (χ1v) is 28.6. The lowest BCUT2D eigenvalue weighted by Gasteiger charge is -2.53. The molecule has 9 aliphatic carbocycles. The van der Waals surface area contributed by atoms with Crippen LogP contribution in [-0.4, -0.2) is 46.1 Å². The summed E-state index contributed by atoms with van der Waals surface area (Å²) < 4.78 is 0. The Hall–Kier alpha value is -2.12. The molecule has 0 radical (unpaired) electrons. The van der Waals surface area contributed by atoms with E-state index in [9.17, 15) is 21.0 Å². The van der Waals surface area contributed by atoms with Crippen LogP contribution in [0.1, 0.15) is 205 Å². The molecule has 11 fully saturated rings. The monoisotopic (exact) mass is 867 g/mol. The minimum atomic E-state index is 0.287. The van der Waals surface area contributed by atoms with Crippen LogP contribution in [0, 0.1) is 140 Å². The van der Waals surface area contributed by atoms with Crippen molar-refractivity contribution >= 4 is 0 Å². The summed E-state index contributed by atoms with van der Waals surface area (Å²) in [4.78, 5) is 6.84. The van der Waals surface area contributed by atoms with Gasteiger partial charge in [0.2, 0.25) is 0 Å². The molecule has 6 nitrogen and oxygen atoms in total. The molecule has 0 amide bonds. The van der Waals surface area contributed by atoms with Gasteiger partial charge in [-0.1, -0.05) is 25.7 Å². The third-order valence-electron chi connectivity index (χ3n) is 23.0. The quantitative estimate of drug-likeness (QED) is 0.263. The second kappa shape index (κ2) is 19.5. The van der Waals surface area contributed by atoms with Crippen LogP contribution in [0.2, 0.25) is 0 Å². The molecule has 0 aromatic heterocycles. The third kappa shape index (κ3) is 8.43. The highest BCUT2D eigenvalue weighted by Crippen LogP contribution is 2.62. The zero-order valence-electron chi connectivity index (χ0n) is 40.0. The summed E-state index contributed by atoms with van der Waals surface area (Å²) in [6.07, 6.45) is 42.5. The van der Waals surface area contributed by atoms with E-state index in [0.717, 1.165) is 159 Å². The van der Waals surface area contributed by atoms with Gasteiger partial charge in [-0.25, -0.2) is 0 Å². The standard InChI is InChI=1S/C58H86N6/c59-33-37-9-17-41(18-10-37)45-27-46(42-19-11-38(34-60)12-20-42)30-49(29-45)63-55-8-4-2-6-53(55)57-56(63)26-25-52-51-5-1-3-7-54(51)64(58(52)57)50-31-47(43-21-13-39(35-61)14-22-43)28-48(32-50)44-23-15-40(36-62)16-24-44/h37-58H,1-32H2. The molecule has 0 N–H and O–H groups in total. The number of likely N-dealkylation sites (tertiary alicyclic amines) is 2. The predicted octanol–water partition coefficient (Wildman–Crippen LogP) is 13.4. The van der Waals surface area contributed by atoms with Crippen LogP contribution in [0.4, 0.5) is 0 Å². The summed E-state index contributed by atoms with van der Waals surface area (Å²) in [5.74, 6) is 11.2. The van der Waals surface area contributed by atoms with E-state index in [-0.39, 0.29) is 23.7 Å². The lowest BCUT2D eigenvalue weighted by Crippen LogP contribution is -2.57. The van der Waals surface area contributed by atoms with Gasteiger partial charge in [0.25, 0.3) is 0 Å². The molecular formula is C58H86N6. The van der Waals surface area contributed by atoms with Gasteiger partial charge in [0, 0.05) is 59.9 Å². The van der Waals surface area contributed by atoms with Crippen LogP contribution < -0.4 is 0 Å². The van der Waals surface area contributed by atoms with Crippen molar-refractivity contribution < 1.29 is 0 Å². The zero-order valence-corrected chi connectivity index (χ0v) is 40.0. The first-order valence-electron chi connectivity index (χ1n) is 28.6. The van der Waals surface area contributed by atoms with Gasteiger partial charge in [0.1, 0.15) is 0 Å². The second-order valence-electron chi connectivity index (χ2n) is 25.5. The smallest absolute Gasteiger partial charge is 0.0655 e. The van der Waals surface area contributed by atoms with E-state index >= 15 is 0 Å². The molecule has 9 saturated carbocycles. The Kier molecular flexibility index (Phi) is 13.5. The van der Waals surface area contributed by atoms with Crippen molar-refractivity contribution in [3.8, 4) is 24.3 Å². The number of hydrogen-bond acceptors (Lipinski definition) is 6. The van der Waals surface area contributed by atoms with Crippen molar-refractivity contribution in [2.75, 3.05) is 0 Å². The summed E-state index contributed by atoms with van der Waals surface area (Å²) in [6.45, 7) is 0. The number of hydrogen-bond donors (Lipinski definition) is 0. The van der Waals surface area contributed by atoms with Crippen molar-refractivity contribution in [2.45, 2.75) is 242 Å². The van der Waals surface area contributed by atoms with E-state index in [2.05, 4.69) is 34.1 Å². The largest absolute Gasteiger partial charge is 0.294 e. The van der Waals surface area contributed by atoms with Gasteiger partial charge in [-0.3, -0.25) is 9.80 Å². The molecule has 2 aliphatic heterocycles. The van der Waals surface area contributed by atoms with Crippen molar-refractivity contribution in [1.29, 1.82) is 21.0 Å². The van der Waals surface area contributed by atoms with Gasteiger partial charge in [0.05, 0.1) is 24.3 Å². The molecular weight excluding hydrogens is 781 g/mol. The fourth-order valence-corrected chi connectivity index (χ4v) is 20.2. The number of nitriles is 4. The maximum absolute atomic E-state index is 9.88. The summed E-state index contributed by atoms with van der Waals surface area (Å²) in [6, 6.07) is 15.3. The fourth-order valence-electron chi connectivity index (χ4n) is 20.2. The lowest BCUT2D eigenvalue weighted by atomic mass is 9.62. The van der Waals surface area contributed by atoms with E-state index < -0.39 is 0 Å². The predicted molar refractivity (Wildman–Crippen MR) is 252 cm³/mol. The van der Waals surface area contributed by atoms with Crippen molar-refractivity contribution in [2.24, 2.45) is 94.7 Å². The molecule has 12 atom stereocenters. The Bertz CT molecular complexity index is 1670. The highest BCUT2D eigenvalue weighted by Gasteiger charge is 2.64.